The Kier molecular flexibility index (Phi) is 4.19. The molecule has 0 saturated carbocycles. The molecule has 3 nitrogen and oxygen atoms in total. The molecular weight excluding hydrogens is 290 g/mol. The maximum Gasteiger partial charge on any atom is 0.0696 e. The normalized spacial score (nSPS) is 12.7. The van der Waals surface area contributed by atoms with Crippen molar-refractivity contribution in [3.63, 3.8) is 0 Å². The summed E-state index contributed by atoms with van der Waals surface area (Å²) >= 11 is 3.53. The van der Waals surface area contributed by atoms with Gasteiger partial charge in [0.05, 0.1) is 22.4 Å². The maximum atomic E-state index is 6.33. The van der Waals surface area contributed by atoms with E-state index in [4.69, 9.17) is 5.73 Å². The quantitative estimate of drug-likeness (QED) is 0.942. The largest absolute Gasteiger partial charge is 0.322 e. The minimum atomic E-state index is -0.0390. The topological polar surface area (TPSA) is 43.8 Å². The lowest BCUT2D eigenvalue weighted by Gasteiger charge is -2.15. The van der Waals surface area contributed by atoms with Gasteiger partial charge in [-0.05, 0) is 47.3 Å². The van der Waals surface area contributed by atoms with E-state index < -0.39 is 0 Å². The lowest BCUT2D eigenvalue weighted by atomic mass is 10.00. The minimum Gasteiger partial charge on any atom is -0.322 e. The minimum absolute atomic E-state index is 0.0390. The number of hydrogen-bond donors (Lipinski definition) is 1. The Morgan fingerprint density at radius 3 is 2.78 bits per heavy atom. The Balaban J connectivity index is 2.24. The third-order valence-electron chi connectivity index (χ3n) is 3.19. The van der Waals surface area contributed by atoms with Gasteiger partial charge in [-0.25, -0.2) is 0 Å². The first kappa shape index (κ1) is 13.3. The Bertz CT molecular complexity index is 534. The monoisotopic (exact) mass is 307 g/mol. The highest BCUT2D eigenvalue weighted by molar-refractivity contribution is 9.10. The number of aromatic nitrogens is 2. The summed E-state index contributed by atoms with van der Waals surface area (Å²) in [6, 6.07) is 8.32. The van der Waals surface area contributed by atoms with Crippen LogP contribution in [0.4, 0.5) is 0 Å². The van der Waals surface area contributed by atoms with Gasteiger partial charge in [0.15, 0.2) is 0 Å². The van der Waals surface area contributed by atoms with Crippen molar-refractivity contribution >= 4 is 15.9 Å². The molecule has 0 saturated heterocycles. The molecule has 0 bridgehead atoms. The summed E-state index contributed by atoms with van der Waals surface area (Å²) in [5, 5.41) is 4.31. The number of benzene rings is 1. The molecule has 0 aliphatic carbocycles. The summed E-state index contributed by atoms with van der Waals surface area (Å²) in [4.78, 5) is 0. The fourth-order valence-corrected chi connectivity index (χ4v) is 2.76. The Labute approximate surface area is 116 Å². The van der Waals surface area contributed by atoms with Gasteiger partial charge in [-0.1, -0.05) is 24.3 Å². The van der Waals surface area contributed by atoms with E-state index in [0.29, 0.717) is 0 Å². The predicted molar refractivity (Wildman–Crippen MR) is 77.4 cm³/mol. The second-order valence-electron chi connectivity index (χ2n) is 4.43. The molecule has 0 aliphatic rings. The molecule has 1 aromatic heterocycles. The molecule has 2 rings (SSSR count). The van der Waals surface area contributed by atoms with Crippen LogP contribution in [-0.4, -0.2) is 9.78 Å². The van der Waals surface area contributed by atoms with Gasteiger partial charge < -0.3 is 5.73 Å². The molecule has 4 heteroatoms. The molecule has 1 heterocycles. The molecule has 2 N–H and O–H groups in total. The molecule has 0 radical (unpaired) electrons. The average molecular weight is 308 g/mol. The van der Waals surface area contributed by atoms with Crippen LogP contribution in [0.2, 0.25) is 0 Å². The summed E-state index contributed by atoms with van der Waals surface area (Å²) in [6.07, 6.45) is 2.65. The lowest BCUT2D eigenvalue weighted by Crippen LogP contribution is -2.19. The van der Waals surface area contributed by atoms with Crippen LogP contribution in [0, 0.1) is 6.92 Å². The van der Waals surface area contributed by atoms with E-state index in [1.807, 2.05) is 10.9 Å². The Hall–Kier alpha value is -1.13. The van der Waals surface area contributed by atoms with Crippen molar-refractivity contribution in [2.75, 3.05) is 0 Å². The summed E-state index contributed by atoms with van der Waals surface area (Å²) in [6.45, 7) is 5.03. The van der Waals surface area contributed by atoms with Crippen LogP contribution in [0.1, 0.15) is 29.8 Å². The second-order valence-corrected chi connectivity index (χ2v) is 5.28. The van der Waals surface area contributed by atoms with E-state index in [0.717, 1.165) is 23.1 Å². The molecule has 0 spiro atoms. The highest BCUT2D eigenvalue weighted by Gasteiger charge is 2.16. The molecule has 2 aromatic rings. The number of rotatable bonds is 4. The highest BCUT2D eigenvalue weighted by atomic mass is 79.9. The van der Waals surface area contributed by atoms with Crippen LogP contribution in [-0.2, 0) is 13.0 Å². The summed E-state index contributed by atoms with van der Waals surface area (Å²) in [5.41, 5.74) is 9.97. The van der Waals surface area contributed by atoms with Crippen LogP contribution in [0.5, 0.6) is 0 Å². The predicted octanol–water partition coefficient (Wildman–Crippen LogP) is 3.22. The fraction of sp³-hybridized carbons (Fsp3) is 0.357. The molecule has 18 heavy (non-hydrogen) atoms. The lowest BCUT2D eigenvalue weighted by molar-refractivity contribution is 0.566. The van der Waals surface area contributed by atoms with Crippen LogP contribution in [0.3, 0.4) is 0 Å². The number of hydrogen-bond acceptors (Lipinski definition) is 2. The smallest absolute Gasteiger partial charge is 0.0696 e. The van der Waals surface area contributed by atoms with Crippen molar-refractivity contribution in [1.82, 2.24) is 9.78 Å². The SMILES string of the molecule is CCn1ncc(Br)c1C(N)Cc1ccccc1C. The van der Waals surface area contributed by atoms with E-state index in [1.54, 1.807) is 0 Å². The number of nitrogens with two attached hydrogens (primary N) is 1. The summed E-state index contributed by atoms with van der Waals surface area (Å²) in [5.74, 6) is 0. The molecule has 1 aromatic carbocycles. The van der Waals surface area contributed by atoms with Gasteiger partial charge in [0.1, 0.15) is 0 Å². The highest BCUT2D eigenvalue weighted by Crippen LogP contribution is 2.25. The maximum absolute atomic E-state index is 6.33. The van der Waals surface area contributed by atoms with Crippen molar-refractivity contribution in [1.29, 1.82) is 0 Å². The summed E-state index contributed by atoms with van der Waals surface area (Å²) < 4.78 is 2.94. The second kappa shape index (κ2) is 5.67. The third kappa shape index (κ3) is 2.65. The zero-order valence-electron chi connectivity index (χ0n) is 10.7. The van der Waals surface area contributed by atoms with E-state index in [2.05, 4.69) is 59.1 Å². The average Bonchev–Trinajstić information content (AvgIpc) is 2.73. The fourth-order valence-electron chi connectivity index (χ4n) is 2.17. The Morgan fingerprint density at radius 2 is 2.11 bits per heavy atom. The van der Waals surface area contributed by atoms with E-state index >= 15 is 0 Å². The van der Waals surface area contributed by atoms with Crippen molar-refractivity contribution in [2.45, 2.75) is 32.9 Å². The molecular formula is C14H18BrN3. The Morgan fingerprint density at radius 1 is 1.39 bits per heavy atom. The molecule has 96 valence electrons. The molecule has 0 amide bonds. The number of nitrogens with zero attached hydrogens (tertiary/aromatic N) is 2. The van der Waals surface area contributed by atoms with Crippen molar-refractivity contribution < 1.29 is 0 Å². The van der Waals surface area contributed by atoms with E-state index in [-0.39, 0.29) is 6.04 Å². The number of halogens is 1. The first-order chi connectivity index (χ1) is 8.63. The van der Waals surface area contributed by atoms with E-state index in [9.17, 15) is 0 Å². The van der Waals surface area contributed by atoms with Gasteiger partial charge in [0, 0.05) is 6.54 Å². The van der Waals surface area contributed by atoms with Crippen molar-refractivity contribution in [3.8, 4) is 0 Å². The molecule has 1 unspecified atom stereocenters. The van der Waals surface area contributed by atoms with Gasteiger partial charge in [0.25, 0.3) is 0 Å². The first-order valence-corrected chi connectivity index (χ1v) is 6.94. The van der Waals surface area contributed by atoms with Crippen LogP contribution < -0.4 is 5.73 Å². The van der Waals surface area contributed by atoms with Crippen LogP contribution in [0.25, 0.3) is 0 Å². The van der Waals surface area contributed by atoms with Gasteiger partial charge >= 0.3 is 0 Å². The molecule has 1 atom stereocenters. The standard InChI is InChI=1S/C14H18BrN3/c1-3-18-14(12(15)9-17-18)13(16)8-11-7-5-4-6-10(11)2/h4-7,9,13H,3,8,16H2,1-2H3. The third-order valence-corrected chi connectivity index (χ3v) is 3.80. The van der Waals surface area contributed by atoms with Gasteiger partial charge in [-0.15, -0.1) is 0 Å². The van der Waals surface area contributed by atoms with Crippen LogP contribution >= 0.6 is 15.9 Å². The zero-order chi connectivity index (χ0) is 13.1. The number of aryl methyl sites for hydroxylation is 2. The summed E-state index contributed by atoms with van der Waals surface area (Å²) in [7, 11) is 0. The van der Waals surface area contributed by atoms with Gasteiger partial charge in [0.2, 0.25) is 0 Å². The van der Waals surface area contributed by atoms with Crippen molar-refractivity contribution in [2.24, 2.45) is 5.73 Å². The van der Waals surface area contributed by atoms with Gasteiger partial charge in [-0.2, -0.15) is 5.10 Å². The zero-order valence-corrected chi connectivity index (χ0v) is 12.3. The van der Waals surface area contributed by atoms with Gasteiger partial charge in [-0.3, -0.25) is 4.68 Å². The molecule has 0 fully saturated rings. The molecule has 0 aliphatic heterocycles. The van der Waals surface area contributed by atoms with Crippen molar-refractivity contribution in [3.05, 3.63) is 51.8 Å². The van der Waals surface area contributed by atoms with Crippen LogP contribution in [0.15, 0.2) is 34.9 Å². The first-order valence-electron chi connectivity index (χ1n) is 6.14. The van der Waals surface area contributed by atoms with E-state index in [1.165, 1.54) is 11.1 Å².